The summed E-state index contributed by atoms with van der Waals surface area (Å²) < 4.78 is 5.70. The fraction of sp³-hybridized carbons (Fsp3) is 0.733. The van der Waals surface area contributed by atoms with E-state index in [-0.39, 0.29) is 6.04 Å². The Labute approximate surface area is 106 Å². The first-order valence-corrected chi connectivity index (χ1v) is 6.66. The van der Waals surface area contributed by atoms with Crippen molar-refractivity contribution in [3.05, 3.63) is 23.7 Å². The lowest BCUT2D eigenvalue weighted by Gasteiger charge is -2.24. The van der Waals surface area contributed by atoms with Gasteiger partial charge < -0.3 is 10.2 Å². The van der Waals surface area contributed by atoms with Crippen molar-refractivity contribution in [2.75, 3.05) is 0 Å². The third-order valence-corrected chi connectivity index (χ3v) is 3.01. The fourth-order valence-electron chi connectivity index (χ4n) is 2.46. The van der Waals surface area contributed by atoms with Crippen molar-refractivity contribution < 1.29 is 4.42 Å². The minimum atomic E-state index is 0.0349. The molecule has 2 atom stereocenters. The number of rotatable bonds is 5. The first-order chi connectivity index (χ1) is 7.81. The highest BCUT2D eigenvalue weighted by atomic mass is 16.3. The lowest BCUT2D eigenvalue weighted by Crippen LogP contribution is -2.17. The summed E-state index contributed by atoms with van der Waals surface area (Å²) in [6.07, 6.45) is 3.13. The van der Waals surface area contributed by atoms with Gasteiger partial charge in [-0.2, -0.15) is 0 Å². The van der Waals surface area contributed by atoms with Crippen LogP contribution in [-0.2, 0) is 6.42 Å². The Hall–Kier alpha value is -0.760. The van der Waals surface area contributed by atoms with E-state index < -0.39 is 0 Å². The molecule has 1 heterocycles. The normalized spacial score (nSPS) is 15.9. The molecule has 1 aromatic rings. The van der Waals surface area contributed by atoms with Crippen LogP contribution in [0.15, 0.2) is 16.5 Å². The molecule has 0 aliphatic carbocycles. The van der Waals surface area contributed by atoms with Crippen LogP contribution in [-0.4, -0.2) is 0 Å². The number of nitrogens with two attached hydrogens (primary N) is 1. The molecule has 17 heavy (non-hydrogen) atoms. The standard InChI is InChI=1S/C15H27NO/c1-6-12-7-8-14(17-12)13(16)9-11(2)10-15(3,4)5/h7-8,11,13H,6,9-10,16H2,1-5H3. The quantitative estimate of drug-likeness (QED) is 0.829. The molecule has 2 heteroatoms. The Morgan fingerprint density at radius 1 is 1.29 bits per heavy atom. The van der Waals surface area contributed by atoms with Gasteiger partial charge in [0.15, 0.2) is 0 Å². The Bertz CT molecular complexity index is 335. The van der Waals surface area contributed by atoms with E-state index in [1.54, 1.807) is 0 Å². The van der Waals surface area contributed by atoms with E-state index in [0.717, 1.165) is 24.4 Å². The highest BCUT2D eigenvalue weighted by molar-refractivity contribution is 5.10. The first kappa shape index (κ1) is 14.3. The van der Waals surface area contributed by atoms with Crippen molar-refractivity contribution in [1.29, 1.82) is 0 Å². The predicted octanol–water partition coefficient (Wildman–Crippen LogP) is 4.30. The zero-order valence-electron chi connectivity index (χ0n) is 11.9. The molecule has 2 N–H and O–H groups in total. The molecule has 0 radical (unpaired) electrons. The second-order valence-electron chi connectivity index (χ2n) is 6.37. The number of aryl methyl sites for hydroxylation is 1. The monoisotopic (exact) mass is 237 g/mol. The van der Waals surface area contributed by atoms with Gasteiger partial charge in [0.2, 0.25) is 0 Å². The molecule has 0 aliphatic heterocycles. The van der Waals surface area contributed by atoms with Gasteiger partial charge in [0, 0.05) is 6.42 Å². The number of hydrogen-bond donors (Lipinski definition) is 1. The SMILES string of the molecule is CCc1ccc(C(N)CC(C)CC(C)(C)C)o1. The summed E-state index contributed by atoms with van der Waals surface area (Å²) in [6.45, 7) is 11.2. The maximum atomic E-state index is 6.19. The molecule has 2 nitrogen and oxygen atoms in total. The molecule has 0 saturated carbocycles. The van der Waals surface area contributed by atoms with Gasteiger partial charge >= 0.3 is 0 Å². The Balaban J connectivity index is 2.51. The van der Waals surface area contributed by atoms with Gasteiger partial charge in [0.1, 0.15) is 11.5 Å². The van der Waals surface area contributed by atoms with E-state index >= 15 is 0 Å². The summed E-state index contributed by atoms with van der Waals surface area (Å²) in [7, 11) is 0. The van der Waals surface area contributed by atoms with Gasteiger partial charge in [0.05, 0.1) is 6.04 Å². The van der Waals surface area contributed by atoms with Crippen LogP contribution in [0.1, 0.15) is 65.0 Å². The third kappa shape index (κ3) is 4.95. The second kappa shape index (κ2) is 5.72. The van der Waals surface area contributed by atoms with Gasteiger partial charge in [-0.05, 0) is 36.3 Å². The maximum absolute atomic E-state index is 6.19. The zero-order chi connectivity index (χ0) is 13.1. The van der Waals surface area contributed by atoms with Crippen LogP contribution in [0.3, 0.4) is 0 Å². The molecular weight excluding hydrogens is 210 g/mol. The average Bonchev–Trinajstić information content (AvgIpc) is 2.62. The maximum Gasteiger partial charge on any atom is 0.120 e. The molecule has 0 amide bonds. The Morgan fingerprint density at radius 2 is 1.94 bits per heavy atom. The molecule has 0 aliphatic rings. The van der Waals surface area contributed by atoms with E-state index in [9.17, 15) is 0 Å². The van der Waals surface area contributed by atoms with Crippen LogP contribution >= 0.6 is 0 Å². The molecule has 2 unspecified atom stereocenters. The first-order valence-electron chi connectivity index (χ1n) is 6.66. The molecule has 0 aromatic carbocycles. The lowest BCUT2D eigenvalue weighted by atomic mass is 9.83. The third-order valence-electron chi connectivity index (χ3n) is 3.01. The molecule has 0 spiro atoms. The van der Waals surface area contributed by atoms with E-state index in [1.165, 1.54) is 6.42 Å². The van der Waals surface area contributed by atoms with Gasteiger partial charge in [-0.15, -0.1) is 0 Å². The Kier molecular flexibility index (Phi) is 4.81. The van der Waals surface area contributed by atoms with Crippen molar-refractivity contribution in [3.8, 4) is 0 Å². The van der Waals surface area contributed by atoms with Crippen molar-refractivity contribution in [2.24, 2.45) is 17.1 Å². The van der Waals surface area contributed by atoms with Crippen molar-refractivity contribution in [1.82, 2.24) is 0 Å². The number of furan rings is 1. The van der Waals surface area contributed by atoms with Crippen LogP contribution in [0.25, 0.3) is 0 Å². The van der Waals surface area contributed by atoms with Gasteiger partial charge in [0.25, 0.3) is 0 Å². The van der Waals surface area contributed by atoms with Crippen LogP contribution < -0.4 is 5.73 Å². The van der Waals surface area contributed by atoms with Crippen LogP contribution in [0, 0.1) is 11.3 Å². The van der Waals surface area contributed by atoms with Gasteiger partial charge in [-0.25, -0.2) is 0 Å². The van der Waals surface area contributed by atoms with Crippen molar-refractivity contribution >= 4 is 0 Å². The molecular formula is C15H27NO. The second-order valence-corrected chi connectivity index (χ2v) is 6.37. The molecule has 1 rings (SSSR count). The highest BCUT2D eigenvalue weighted by Crippen LogP contribution is 2.30. The molecule has 0 bridgehead atoms. The van der Waals surface area contributed by atoms with E-state index in [1.807, 2.05) is 12.1 Å². The van der Waals surface area contributed by atoms with Crippen LogP contribution in [0.2, 0.25) is 0 Å². The van der Waals surface area contributed by atoms with E-state index in [0.29, 0.717) is 11.3 Å². The predicted molar refractivity (Wildman–Crippen MR) is 72.9 cm³/mol. The average molecular weight is 237 g/mol. The smallest absolute Gasteiger partial charge is 0.120 e. The topological polar surface area (TPSA) is 39.2 Å². The summed E-state index contributed by atoms with van der Waals surface area (Å²) in [6, 6.07) is 4.09. The summed E-state index contributed by atoms with van der Waals surface area (Å²) in [5.41, 5.74) is 6.56. The van der Waals surface area contributed by atoms with Crippen LogP contribution in [0.5, 0.6) is 0 Å². The van der Waals surface area contributed by atoms with Crippen molar-refractivity contribution in [2.45, 2.75) is 59.9 Å². The van der Waals surface area contributed by atoms with Gasteiger partial charge in [-0.1, -0.05) is 34.6 Å². The van der Waals surface area contributed by atoms with Gasteiger partial charge in [-0.3, -0.25) is 0 Å². The molecule has 0 fully saturated rings. The molecule has 98 valence electrons. The fourth-order valence-corrected chi connectivity index (χ4v) is 2.46. The summed E-state index contributed by atoms with van der Waals surface area (Å²) in [5.74, 6) is 2.58. The van der Waals surface area contributed by atoms with E-state index in [2.05, 4.69) is 34.6 Å². The van der Waals surface area contributed by atoms with Crippen molar-refractivity contribution in [3.63, 3.8) is 0 Å². The van der Waals surface area contributed by atoms with E-state index in [4.69, 9.17) is 10.2 Å². The summed E-state index contributed by atoms with van der Waals surface area (Å²) in [4.78, 5) is 0. The van der Waals surface area contributed by atoms with Crippen LogP contribution in [0.4, 0.5) is 0 Å². The lowest BCUT2D eigenvalue weighted by molar-refractivity contribution is 0.277. The zero-order valence-corrected chi connectivity index (χ0v) is 11.9. The Morgan fingerprint density at radius 3 is 2.41 bits per heavy atom. The minimum absolute atomic E-state index is 0.0349. The largest absolute Gasteiger partial charge is 0.464 e. The summed E-state index contributed by atoms with van der Waals surface area (Å²) >= 11 is 0. The summed E-state index contributed by atoms with van der Waals surface area (Å²) in [5, 5.41) is 0. The molecule has 1 aromatic heterocycles. The minimum Gasteiger partial charge on any atom is -0.464 e. The number of hydrogen-bond acceptors (Lipinski definition) is 2. The highest BCUT2D eigenvalue weighted by Gasteiger charge is 2.19. The molecule has 0 saturated heterocycles.